The summed E-state index contributed by atoms with van der Waals surface area (Å²) in [7, 11) is 0. The molecule has 2 saturated carbocycles. The van der Waals surface area contributed by atoms with Gasteiger partial charge < -0.3 is 9.84 Å². The second-order valence-corrected chi connectivity index (χ2v) is 9.46. The lowest BCUT2D eigenvalue weighted by Crippen LogP contribution is -2.18. The number of aliphatic hydroxyl groups is 1. The SMILES string of the molecule is CCOc1ccc(C2CCC(/C=C/c3ccc(C4CCC(O)CC4)c(F)c3F)CC2)c(F)c1. The van der Waals surface area contributed by atoms with Gasteiger partial charge in [0.1, 0.15) is 11.6 Å². The molecule has 0 aliphatic heterocycles. The van der Waals surface area contributed by atoms with E-state index in [1.807, 2.05) is 25.1 Å². The molecule has 0 aromatic heterocycles. The van der Waals surface area contributed by atoms with Gasteiger partial charge in [-0.3, -0.25) is 0 Å². The van der Waals surface area contributed by atoms with Crippen LogP contribution >= 0.6 is 0 Å². The Morgan fingerprint density at radius 3 is 2.15 bits per heavy atom. The van der Waals surface area contributed by atoms with Gasteiger partial charge in [0.2, 0.25) is 0 Å². The van der Waals surface area contributed by atoms with Crippen molar-refractivity contribution in [2.24, 2.45) is 5.92 Å². The van der Waals surface area contributed by atoms with E-state index in [4.69, 9.17) is 4.74 Å². The molecule has 2 aromatic carbocycles. The van der Waals surface area contributed by atoms with Crippen LogP contribution < -0.4 is 4.74 Å². The van der Waals surface area contributed by atoms with Crippen molar-refractivity contribution in [1.29, 1.82) is 0 Å². The van der Waals surface area contributed by atoms with Gasteiger partial charge in [0.05, 0.1) is 12.7 Å². The Hall–Kier alpha value is -2.27. The van der Waals surface area contributed by atoms with Gasteiger partial charge in [-0.15, -0.1) is 0 Å². The normalized spacial score (nSPS) is 26.0. The highest BCUT2D eigenvalue weighted by Crippen LogP contribution is 2.39. The highest BCUT2D eigenvalue weighted by atomic mass is 19.2. The summed E-state index contributed by atoms with van der Waals surface area (Å²) in [5.74, 6) is -0.795. The number of aliphatic hydroxyl groups excluding tert-OH is 1. The minimum atomic E-state index is -0.792. The third kappa shape index (κ3) is 5.63. The molecule has 0 bridgehead atoms. The first-order chi connectivity index (χ1) is 16.0. The van der Waals surface area contributed by atoms with Crippen molar-refractivity contribution in [2.75, 3.05) is 6.61 Å². The fourth-order valence-corrected chi connectivity index (χ4v) is 5.37. The Morgan fingerprint density at radius 1 is 0.848 bits per heavy atom. The predicted molar refractivity (Wildman–Crippen MR) is 125 cm³/mol. The molecule has 5 heteroatoms. The predicted octanol–water partition coefficient (Wildman–Crippen LogP) is 7.51. The largest absolute Gasteiger partial charge is 0.494 e. The van der Waals surface area contributed by atoms with Gasteiger partial charge in [0.25, 0.3) is 0 Å². The van der Waals surface area contributed by atoms with Crippen LogP contribution in [0.5, 0.6) is 5.75 Å². The topological polar surface area (TPSA) is 29.5 Å². The van der Waals surface area contributed by atoms with Gasteiger partial charge in [-0.1, -0.05) is 30.4 Å². The molecule has 2 aliphatic rings. The number of rotatable bonds is 6. The molecular weight excluding hydrogens is 425 g/mol. The lowest BCUT2D eigenvalue weighted by Gasteiger charge is -2.27. The lowest BCUT2D eigenvalue weighted by atomic mass is 9.78. The smallest absolute Gasteiger partial charge is 0.166 e. The molecule has 0 amide bonds. The zero-order chi connectivity index (χ0) is 23.4. The Kier molecular flexibility index (Phi) is 7.79. The summed E-state index contributed by atoms with van der Waals surface area (Å²) in [5, 5.41) is 9.66. The Bertz CT molecular complexity index is 971. The summed E-state index contributed by atoms with van der Waals surface area (Å²) in [6.07, 6.45) is 9.49. The zero-order valence-electron chi connectivity index (χ0n) is 19.2. The fraction of sp³-hybridized carbons (Fsp3) is 0.500. The molecule has 0 heterocycles. The molecule has 33 heavy (non-hydrogen) atoms. The number of hydrogen-bond acceptors (Lipinski definition) is 2. The Morgan fingerprint density at radius 2 is 1.48 bits per heavy atom. The van der Waals surface area contributed by atoms with Crippen molar-refractivity contribution in [3.63, 3.8) is 0 Å². The van der Waals surface area contributed by atoms with Gasteiger partial charge in [0.15, 0.2) is 11.6 Å². The van der Waals surface area contributed by atoms with E-state index in [9.17, 15) is 18.3 Å². The second-order valence-electron chi connectivity index (χ2n) is 9.46. The Labute approximate surface area is 194 Å². The monoisotopic (exact) mass is 458 g/mol. The van der Waals surface area contributed by atoms with Crippen molar-refractivity contribution >= 4 is 6.08 Å². The third-order valence-electron chi connectivity index (χ3n) is 7.32. The fourth-order valence-electron chi connectivity index (χ4n) is 5.37. The van der Waals surface area contributed by atoms with Crippen LogP contribution in [0.25, 0.3) is 6.08 Å². The maximum absolute atomic E-state index is 14.7. The zero-order valence-corrected chi connectivity index (χ0v) is 19.2. The molecule has 0 spiro atoms. The van der Waals surface area contributed by atoms with Crippen molar-refractivity contribution in [2.45, 2.75) is 76.2 Å². The summed E-state index contributed by atoms with van der Waals surface area (Å²) in [5.41, 5.74) is 1.43. The van der Waals surface area contributed by atoms with Crippen molar-refractivity contribution in [1.82, 2.24) is 0 Å². The van der Waals surface area contributed by atoms with Gasteiger partial charge in [-0.2, -0.15) is 0 Å². The second kappa shape index (κ2) is 10.8. The van der Waals surface area contributed by atoms with E-state index in [-0.39, 0.29) is 35.2 Å². The van der Waals surface area contributed by atoms with Crippen LogP contribution in [-0.2, 0) is 0 Å². The molecule has 0 radical (unpaired) electrons. The summed E-state index contributed by atoms with van der Waals surface area (Å²) < 4.78 is 49.4. The first kappa shape index (κ1) is 23.9. The molecule has 1 N–H and O–H groups in total. The van der Waals surface area contributed by atoms with Crippen LogP contribution in [0.4, 0.5) is 13.2 Å². The van der Waals surface area contributed by atoms with E-state index in [2.05, 4.69) is 0 Å². The van der Waals surface area contributed by atoms with Crippen molar-refractivity contribution < 1.29 is 23.0 Å². The highest BCUT2D eigenvalue weighted by Gasteiger charge is 2.26. The van der Waals surface area contributed by atoms with Crippen LogP contribution in [0.15, 0.2) is 36.4 Å². The number of ether oxygens (including phenoxy) is 1. The summed E-state index contributed by atoms with van der Waals surface area (Å²) in [6.45, 7) is 2.38. The third-order valence-corrected chi connectivity index (χ3v) is 7.32. The van der Waals surface area contributed by atoms with Crippen molar-refractivity contribution in [3.05, 3.63) is 70.5 Å². The minimum Gasteiger partial charge on any atom is -0.494 e. The Balaban J connectivity index is 1.36. The summed E-state index contributed by atoms with van der Waals surface area (Å²) in [4.78, 5) is 0. The van der Waals surface area contributed by atoms with Crippen LogP contribution in [0.2, 0.25) is 0 Å². The summed E-state index contributed by atoms with van der Waals surface area (Å²) >= 11 is 0. The average molecular weight is 459 g/mol. The molecule has 2 fully saturated rings. The van der Waals surface area contributed by atoms with E-state index in [0.717, 1.165) is 31.2 Å². The van der Waals surface area contributed by atoms with Crippen LogP contribution in [0.1, 0.15) is 86.8 Å². The average Bonchev–Trinajstić information content (AvgIpc) is 2.82. The quantitative estimate of drug-likeness (QED) is 0.485. The molecule has 4 rings (SSSR count). The van der Waals surface area contributed by atoms with E-state index < -0.39 is 11.6 Å². The minimum absolute atomic E-state index is 0.0285. The lowest BCUT2D eigenvalue weighted by molar-refractivity contribution is 0.122. The van der Waals surface area contributed by atoms with Gasteiger partial charge in [-0.25, -0.2) is 13.2 Å². The maximum Gasteiger partial charge on any atom is 0.166 e. The van der Waals surface area contributed by atoms with Gasteiger partial charge in [-0.05, 0) is 93.2 Å². The van der Waals surface area contributed by atoms with Crippen LogP contribution in [0, 0.1) is 23.4 Å². The molecule has 0 unspecified atom stereocenters. The molecule has 2 aromatic rings. The number of halogens is 3. The molecule has 178 valence electrons. The molecule has 2 aliphatic carbocycles. The first-order valence-electron chi connectivity index (χ1n) is 12.2. The number of hydrogen-bond donors (Lipinski definition) is 1. The maximum atomic E-state index is 14.7. The number of benzene rings is 2. The molecule has 0 saturated heterocycles. The van der Waals surface area contributed by atoms with E-state index >= 15 is 0 Å². The van der Waals surface area contributed by atoms with Crippen LogP contribution in [-0.4, -0.2) is 17.8 Å². The molecule has 2 nitrogen and oxygen atoms in total. The highest BCUT2D eigenvalue weighted by molar-refractivity contribution is 5.52. The number of allylic oxidation sites excluding steroid dienone is 1. The summed E-state index contributed by atoms with van der Waals surface area (Å²) in [6, 6.07) is 8.47. The van der Waals surface area contributed by atoms with E-state index in [1.165, 1.54) is 6.07 Å². The standard InChI is InChI=1S/C28H33F3O2/c1-2-33-23-14-16-24(26(29)17-23)19-6-3-18(4-7-19)5-8-21-11-15-25(28(31)27(21)30)20-9-12-22(32)13-10-20/h5,8,11,14-20,22,32H,2-4,6-7,9-10,12-13H2,1H3/b8-5+. The van der Waals surface area contributed by atoms with Gasteiger partial charge in [0, 0.05) is 11.6 Å². The van der Waals surface area contributed by atoms with Crippen molar-refractivity contribution in [3.8, 4) is 5.75 Å². The van der Waals surface area contributed by atoms with Crippen LogP contribution in [0.3, 0.4) is 0 Å². The van der Waals surface area contributed by atoms with E-state index in [1.54, 1.807) is 18.2 Å². The van der Waals surface area contributed by atoms with Gasteiger partial charge >= 0.3 is 0 Å². The molecular formula is C28H33F3O2. The molecule has 0 atom stereocenters. The first-order valence-corrected chi connectivity index (χ1v) is 12.2. The van der Waals surface area contributed by atoms with E-state index in [0.29, 0.717) is 43.6 Å².